The van der Waals surface area contributed by atoms with Crippen molar-refractivity contribution in [1.29, 1.82) is 0 Å². The first-order valence-corrected chi connectivity index (χ1v) is 8.25. The Hall–Kier alpha value is -3.49. The van der Waals surface area contributed by atoms with Gasteiger partial charge in [-0.3, -0.25) is 15.1 Å². The van der Waals surface area contributed by atoms with Crippen LogP contribution in [0.4, 0.5) is 17.1 Å². The molecule has 9 nitrogen and oxygen atoms in total. The van der Waals surface area contributed by atoms with Crippen molar-refractivity contribution in [1.82, 2.24) is 5.32 Å². The molecule has 2 rings (SSSR count). The average molecular weight is 373 g/mol. The maximum atomic E-state index is 10.6. The topological polar surface area (TPSA) is 110 Å². The number of rotatable bonds is 8. The van der Waals surface area contributed by atoms with E-state index in [-0.39, 0.29) is 5.69 Å². The van der Waals surface area contributed by atoms with Crippen molar-refractivity contribution >= 4 is 23.0 Å². The van der Waals surface area contributed by atoms with Crippen LogP contribution in [0.25, 0.3) is 0 Å². The highest BCUT2D eigenvalue weighted by Crippen LogP contribution is 2.29. The number of benzene rings is 2. The Kier molecular flexibility index (Phi) is 7.24. The minimum Gasteiger partial charge on any atom is -0.493 e. The number of hydrogen-bond acceptors (Lipinski definition) is 6. The molecular formula is C18H23N5O4. The van der Waals surface area contributed by atoms with E-state index in [0.717, 1.165) is 11.4 Å². The third-order valence-corrected chi connectivity index (χ3v) is 3.69. The van der Waals surface area contributed by atoms with Crippen LogP contribution in [0.5, 0.6) is 11.5 Å². The summed E-state index contributed by atoms with van der Waals surface area (Å²) in [5, 5.41) is 20.2. The second-order valence-electron chi connectivity index (χ2n) is 5.42. The van der Waals surface area contributed by atoms with E-state index in [0.29, 0.717) is 30.5 Å². The average Bonchev–Trinajstić information content (AvgIpc) is 2.70. The molecule has 0 saturated carbocycles. The van der Waals surface area contributed by atoms with E-state index in [1.165, 1.54) is 12.1 Å². The molecular weight excluding hydrogens is 350 g/mol. The van der Waals surface area contributed by atoms with Gasteiger partial charge in [0, 0.05) is 49.7 Å². The SMILES string of the molecule is CN=C(NCCNc1ccc([N+](=O)[O-])cc1)Nc1ccc(OC)c(OC)c1. The molecule has 0 saturated heterocycles. The van der Waals surface area contributed by atoms with Crippen molar-refractivity contribution in [2.75, 3.05) is 45.0 Å². The number of nitro groups is 1. The van der Waals surface area contributed by atoms with Crippen molar-refractivity contribution in [3.63, 3.8) is 0 Å². The fourth-order valence-electron chi connectivity index (χ4n) is 2.32. The number of anilines is 2. The van der Waals surface area contributed by atoms with Gasteiger partial charge in [-0.25, -0.2) is 0 Å². The Morgan fingerprint density at radius 2 is 1.70 bits per heavy atom. The summed E-state index contributed by atoms with van der Waals surface area (Å²) in [4.78, 5) is 14.4. The summed E-state index contributed by atoms with van der Waals surface area (Å²) in [5.74, 6) is 1.88. The van der Waals surface area contributed by atoms with Crippen molar-refractivity contribution < 1.29 is 14.4 Å². The smallest absolute Gasteiger partial charge is 0.269 e. The molecule has 0 heterocycles. The molecule has 0 atom stereocenters. The van der Waals surface area contributed by atoms with Crippen LogP contribution in [0.1, 0.15) is 0 Å². The minimum atomic E-state index is -0.421. The molecule has 0 radical (unpaired) electrons. The quantitative estimate of drug-likeness (QED) is 0.214. The minimum absolute atomic E-state index is 0.0678. The van der Waals surface area contributed by atoms with Crippen molar-refractivity contribution in [3.05, 3.63) is 52.6 Å². The van der Waals surface area contributed by atoms with E-state index in [2.05, 4.69) is 20.9 Å². The molecule has 0 aliphatic carbocycles. The van der Waals surface area contributed by atoms with Gasteiger partial charge in [-0.1, -0.05) is 0 Å². The van der Waals surface area contributed by atoms with Gasteiger partial charge in [0.15, 0.2) is 17.5 Å². The van der Waals surface area contributed by atoms with Crippen molar-refractivity contribution in [2.24, 2.45) is 4.99 Å². The van der Waals surface area contributed by atoms with Gasteiger partial charge in [-0.05, 0) is 24.3 Å². The van der Waals surface area contributed by atoms with Gasteiger partial charge in [0.25, 0.3) is 5.69 Å². The van der Waals surface area contributed by atoms with Gasteiger partial charge in [-0.15, -0.1) is 0 Å². The lowest BCUT2D eigenvalue weighted by molar-refractivity contribution is -0.384. The summed E-state index contributed by atoms with van der Waals surface area (Å²) in [5.41, 5.74) is 1.69. The third kappa shape index (κ3) is 5.77. The highest BCUT2D eigenvalue weighted by Gasteiger charge is 2.06. The molecule has 0 bridgehead atoms. The number of guanidine groups is 1. The third-order valence-electron chi connectivity index (χ3n) is 3.69. The number of ether oxygens (including phenoxy) is 2. The second kappa shape index (κ2) is 9.85. The van der Waals surface area contributed by atoms with Crippen molar-refractivity contribution in [3.8, 4) is 11.5 Å². The van der Waals surface area contributed by atoms with Crippen LogP contribution in [0.15, 0.2) is 47.5 Å². The molecule has 9 heteroatoms. The van der Waals surface area contributed by atoms with E-state index in [1.807, 2.05) is 18.2 Å². The predicted molar refractivity (Wildman–Crippen MR) is 106 cm³/mol. The molecule has 27 heavy (non-hydrogen) atoms. The lowest BCUT2D eigenvalue weighted by Gasteiger charge is -2.14. The predicted octanol–water partition coefficient (Wildman–Crippen LogP) is 2.71. The lowest BCUT2D eigenvalue weighted by atomic mass is 10.2. The van der Waals surface area contributed by atoms with E-state index >= 15 is 0 Å². The molecule has 0 amide bonds. The second-order valence-corrected chi connectivity index (χ2v) is 5.42. The zero-order chi connectivity index (χ0) is 19.6. The summed E-state index contributed by atoms with van der Waals surface area (Å²) in [6, 6.07) is 11.8. The Labute approximate surface area is 157 Å². The first-order chi connectivity index (χ1) is 13.1. The molecule has 144 valence electrons. The number of aliphatic imine (C=N–C) groups is 1. The lowest BCUT2D eigenvalue weighted by Crippen LogP contribution is -2.34. The molecule has 2 aromatic rings. The zero-order valence-electron chi connectivity index (χ0n) is 15.5. The van der Waals surface area contributed by atoms with E-state index in [9.17, 15) is 10.1 Å². The van der Waals surface area contributed by atoms with Crippen LogP contribution in [-0.2, 0) is 0 Å². The molecule has 2 aromatic carbocycles. The Morgan fingerprint density at radius 3 is 2.30 bits per heavy atom. The summed E-state index contributed by atoms with van der Waals surface area (Å²) >= 11 is 0. The fraction of sp³-hybridized carbons (Fsp3) is 0.278. The molecule has 0 aromatic heterocycles. The van der Waals surface area contributed by atoms with Gasteiger partial charge in [-0.2, -0.15) is 0 Å². The first kappa shape index (κ1) is 19.8. The number of non-ortho nitro benzene ring substituents is 1. The summed E-state index contributed by atoms with van der Waals surface area (Å²) < 4.78 is 10.5. The van der Waals surface area contributed by atoms with Crippen LogP contribution in [-0.4, -0.2) is 45.2 Å². The fourth-order valence-corrected chi connectivity index (χ4v) is 2.32. The largest absolute Gasteiger partial charge is 0.493 e. The van der Waals surface area contributed by atoms with Crippen LogP contribution < -0.4 is 25.4 Å². The molecule has 0 unspecified atom stereocenters. The highest BCUT2D eigenvalue weighted by atomic mass is 16.6. The summed E-state index contributed by atoms with van der Waals surface area (Å²) in [7, 11) is 4.85. The van der Waals surface area contributed by atoms with E-state index in [1.54, 1.807) is 33.4 Å². The zero-order valence-corrected chi connectivity index (χ0v) is 15.5. The monoisotopic (exact) mass is 373 g/mol. The highest BCUT2D eigenvalue weighted by molar-refractivity contribution is 5.93. The normalized spacial score (nSPS) is 10.9. The van der Waals surface area contributed by atoms with Crippen LogP contribution in [0, 0.1) is 10.1 Å². The number of hydrogen-bond donors (Lipinski definition) is 3. The van der Waals surface area contributed by atoms with Crippen LogP contribution in [0.3, 0.4) is 0 Å². The standard InChI is InChI=1S/C18H23N5O4/c1-19-18(22-14-6-9-16(26-2)17(12-14)27-3)21-11-10-20-13-4-7-15(8-5-13)23(24)25/h4-9,12,20H,10-11H2,1-3H3,(H2,19,21,22). The first-order valence-electron chi connectivity index (χ1n) is 8.25. The van der Waals surface area contributed by atoms with Gasteiger partial charge < -0.3 is 25.4 Å². The van der Waals surface area contributed by atoms with E-state index in [4.69, 9.17) is 9.47 Å². The molecule has 0 aliphatic rings. The van der Waals surface area contributed by atoms with Gasteiger partial charge in [0.05, 0.1) is 19.1 Å². The number of nitrogens with zero attached hydrogens (tertiary/aromatic N) is 2. The van der Waals surface area contributed by atoms with Gasteiger partial charge >= 0.3 is 0 Å². The van der Waals surface area contributed by atoms with E-state index < -0.39 is 4.92 Å². The maximum absolute atomic E-state index is 10.6. The van der Waals surface area contributed by atoms with Gasteiger partial charge in [0.2, 0.25) is 0 Å². The molecule has 3 N–H and O–H groups in total. The molecule has 0 spiro atoms. The summed E-state index contributed by atoms with van der Waals surface area (Å²) in [6.45, 7) is 1.22. The number of nitro benzene ring substituents is 1. The Bertz CT molecular complexity index is 793. The Morgan fingerprint density at radius 1 is 1.04 bits per heavy atom. The molecule has 0 aliphatic heterocycles. The maximum Gasteiger partial charge on any atom is 0.269 e. The van der Waals surface area contributed by atoms with Gasteiger partial charge in [0.1, 0.15) is 0 Å². The molecule has 0 fully saturated rings. The number of methoxy groups -OCH3 is 2. The Balaban J connectivity index is 1.82. The van der Waals surface area contributed by atoms with Crippen LogP contribution >= 0.6 is 0 Å². The number of nitrogens with one attached hydrogen (secondary N) is 3. The van der Waals surface area contributed by atoms with Crippen molar-refractivity contribution in [2.45, 2.75) is 0 Å². The summed E-state index contributed by atoms with van der Waals surface area (Å²) in [6.07, 6.45) is 0. The van der Waals surface area contributed by atoms with Crippen LogP contribution in [0.2, 0.25) is 0 Å².